The van der Waals surface area contributed by atoms with Crippen LogP contribution in [0.3, 0.4) is 0 Å². The van der Waals surface area contributed by atoms with Crippen molar-refractivity contribution in [3.8, 4) is 0 Å². The standard InChI is InChI=1S/C6H9NO4/c1-3(8)5(7)6(10)11-4(2)9/h4,7,9H,1-2H3. The third kappa shape index (κ3) is 3.47. The van der Waals surface area contributed by atoms with Crippen molar-refractivity contribution in [2.45, 2.75) is 20.1 Å². The van der Waals surface area contributed by atoms with Gasteiger partial charge in [0.1, 0.15) is 0 Å². The van der Waals surface area contributed by atoms with E-state index in [-0.39, 0.29) is 0 Å². The molecule has 0 rings (SSSR count). The van der Waals surface area contributed by atoms with Gasteiger partial charge < -0.3 is 9.84 Å². The van der Waals surface area contributed by atoms with Crippen LogP contribution in [0.2, 0.25) is 0 Å². The molecule has 0 aromatic heterocycles. The quantitative estimate of drug-likeness (QED) is 0.251. The van der Waals surface area contributed by atoms with Gasteiger partial charge in [0.15, 0.2) is 17.8 Å². The summed E-state index contributed by atoms with van der Waals surface area (Å²) in [6, 6.07) is 0. The molecule has 0 saturated carbocycles. The third-order valence-electron chi connectivity index (χ3n) is 0.834. The van der Waals surface area contributed by atoms with Crippen LogP contribution in [0.4, 0.5) is 0 Å². The zero-order valence-electron chi connectivity index (χ0n) is 6.25. The molecule has 5 heteroatoms. The van der Waals surface area contributed by atoms with Crippen LogP contribution in [0, 0.1) is 5.41 Å². The maximum atomic E-state index is 10.6. The number of hydrogen-bond acceptors (Lipinski definition) is 5. The first kappa shape index (κ1) is 9.77. The van der Waals surface area contributed by atoms with Crippen LogP contribution in [0.25, 0.3) is 0 Å². The molecule has 2 N–H and O–H groups in total. The van der Waals surface area contributed by atoms with Gasteiger partial charge in [-0.25, -0.2) is 4.79 Å². The SMILES string of the molecule is CC(=O)C(=N)C(=O)OC(C)O. The normalized spacial score (nSPS) is 11.9. The van der Waals surface area contributed by atoms with Gasteiger partial charge in [0, 0.05) is 6.92 Å². The number of rotatable bonds is 3. The second-order valence-corrected chi connectivity index (χ2v) is 1.94. The van der Waals surface area contributed by atoms with E-state index in [1.165, 1.54) is 6.92 Å². The van der Waals surface area contributed by atoms with E-state index in [0.29, 0.717) is 0 Å². The molecular formula is C6H9NO4. The summed E-state index contributed by atoms with van der Waals surface area (Å²) in [4.78, 5) is 20.9. The number of esters is 1. The molecule has 0 aliphatic carbocycles. The summed E-state index contributed by atoms with van der Waals surface area (Å²) in [6.07, 6.45) is -1.29. The average molecular weight is 159 g/mol. The number of carbonyl (C=O) groups excluding carboxylic acids is 2. The monoisotopic (exact) mass is 159 g/mol. The topological polar surface area (TPSA) is 87.5 Å². The van der Waals surface area contributed by atoms with Crippen molar-refractivity contribution in [2.24, 2.45) is 0 Å². The summed E-state index contributed by atoms with van der Waals surface area (Å²) >= 11 is 0. The molecule has 0 fully saturated rings. The number of ether oxygens (including phenoxy) is 1. The fourth-order valence-corrected chi connectivity index (χ4v) is 0.358. The van der Waals surface area contributed by atoms with E-state index >= 15 is 0 Å². The lowest BCUT2D eigenvalue weighted by Crippen LogP contribution is -2.26. The highest BCUT2D eigenvalue weighted by Gasteiger charge is 2.16. The zero-order chi connectivity index (χ0) is 9.02. The summed E-state index contributed by atoms with van der Waals surface area (Å²) in [5.41, 5.74) is -0.758. The summed E-state index contributed by atoms with van der Waals surface area (Å²) in [7, 11) is 0. The van der Waals surface area contributed by atoms with Gasteiger partial charge in [-0.3, -0.25) is 10.2 Å². The van der Waals surface area contributed by atoms with Crippen LogP contribution < -0.4 is 0 Å². The molecular weight excluding hydrogens is 150 g/mol. The highest BCUT2D eigenvalue weighted by atomic mass is 16.6. The minimum Gasteiger partial charge on any atom is -0.431 e. The van der Waals surface area contributed by atoms with Gasteiger partial charge in [0.2, 0.25) is 0 Å². The van der Waals surface area contributed by atoms with E-state index in [0.717, 1.165) is 6.92 Å². The summed E-state index contributed by atoms with van der Waals surface area (Å²) < 4.78 is 4.14. The molecule has 1 atom stereocenters. The molecule has 0 amide bonds. The third-order valence-corrected chi connectivity index (χ3v) is 0.834. The van der Waals surface area contributed by atoms with E-state index < -0.39 is 23.8 Å². The van der Waals surface area contributed by atoms with Crippen molar-refractivity contribution in [2.75, 3.05) is 0 Å². The lowest BCUT2D eigenvalue weighted by molar-refractivity contribution is -0.156. The second-order valence-electron chi connectivity index (χ2n) is 1.94. The van der Waals surface area contributed by atoms with Gasteiger partial charge >= 0.3 is 5.97 Å². The van der Waals surface area contributed by atoms with Crippen LogP contribution in [-0.2, 0) is 14.3 Å². The predicted octanol–water partition coefficient (Wildman–Crippen LogP) is -0.523. The first-order chi connectivity index (χ1) is 4.95. The van der Waals surface area contributed by atoms with Crippen molar-refractivity contribution in [3.63, 3.8) is 0 Å². The Kier molecular flexibility index (Phi) is 3.39. The molecule has 62 valence electrons. The number of aliphatic hydroxyl groups excluding tert-OH is 1. The van der Waals surface area contributed by atoms with Gasteiger partial charge in [-0.05, 0) is 6.92 Å². The van der Waals surface area contributed by atoms with Crippen LogP contribution in [0.1, 0.15) is 13.8 Å². The van der Waals surface area contributed by atoms with Crippen molar-refractivity contribution in [3.05, 3.63) is 0 Å². The van der Waals surface area contributed by atoms with Gasteiger partial charge in [-0.2, -0.15) is 0 Å². The molecule has 0 bridgehead atoms. The number of ketones is 1. The average Bonchev–Trinajstić information content (AvgIpc) is 1.84. The molecule has 1 unspecified atom stereocenters. The number of carbonyl (C=O) groups is 2. The molecule has 0 aliphatic rings. The maximum Gasteiger partial charge on any atom is 0.362 e. The Morgan fingerprint density at radius 3 is 2.27 bits per heavy atom. The van der Waals surface area contributed by atoms with Crippen molar-refractivity contribution in [1.82, 2.24) is 0 Å². The Balaban J connectivity index is 4.05. The van der Waals surface area contributed by atoms with Gasteiger partial charge in [0.25, 0.3) is 0 Å². The summed E-state index contributed by atoms with van der Waals surface area (Å²) in [6.45, 7) is 2.29. The van der Waals surface area contributed by atoms with Crippen LogP contribution in [-0.4, -0.2) is 28.9 Å². The molecule has 0 aromatic rings. The van der Waals surface area contributed by atoms with Gasteiger partial charge in [0.05, 0.1) is 0 Å². The largest absolute Gasteiger partial charge is 0.431 e. The Morgan fingerprint density at radius 1 is 1.55 bits per heavy atom. The molecule has 0 aliphatic heterocycles. The predicted molar refractivity (Wildman–Crippen MR) is 36.2 cm³/mol. The molecule has 5 nitrogen and oxygen atoms in total. The highest BCUT2D eigenvalue weighted by Crippen LogP contribution is 1.88. The number of Topliss-reactive ketones (excluding diaryl/α,β-unsaturated/α-hetero) is 1. The Morgan fingerprint density at radius 2 is 2.00 bits per heavy atom. The smallest absolute Gasteiger partial charge is 0.362 e. The Hall–Kier alpha value is -1.23. The van der Waals surface area contributed by atoms with E-state index in [1.807, 2.05) is 0 Å². The number of nitrogens with one attached hydrogen (secondary N) is 1. The Labute approximate surface area is 63.5 Å². The minimum atomic E-state index is -1.29. The van der Waals surface area contributed by atoms with Crippen molar-refractivity contribution >= 4 is 17.5 Å². The van der Waals surface area contributed by atoms with Crippen molar-refractivity contribution < 1.29 is 19.4 Å². The van der Waals surface area contributed by atoms with E-state index in [1.54, 1.807) is 0 Å². The van der Waals surface area contributed by atoms with Crippen molar-refractivity contribution in [1.29, 1.82) is 5.41 Å². The van der Waals surface area contributed by atoms with Gasteiger partial charge in [-0.15, -0.1) is 0 Å². The maximum absolute atomic E-state index is 10.6. The summed E-state index contributed by atoms with van der Waals surface area (Å²) in [5, 5.41) is 15.3. The first-order valence-corrected chi connectivity index (χ1v) is 2.93. The number of hydrogen-bond donors (Lipinski definition) is 2. The number of aliphatic hydroxyl groups is 1. The van der Waals surface area contributed by atoms with Crippen LogP contribution in [0.15, 0.2) is 0 Å². The van der Waals surface area contributed by atoms with Gasteiger partial charge in [-0.1, -0.05) is 0 Å². The summed E-state index contributed by atoms with van der Waals surface area (Å²) in [5.74, 6) is -1.79. The minimum absolute atomic E-state index is 0.685. The molecule has 0 saturated heterocycles. The van der Waals surface area contributed by atoms with E-state index in [2.05, 4.69) is 4.74 Å². The van der Waals surface area contributed by atoms with E-state index in [4.69, 9.17) is 10.5 Å². The van der Waals surface area contributed by atoms with E-state index in [9.17, 15) is 9.59 Å². The fourth-order valence-electron chi connectivity index (χ4n) is 0.358. The lowest BCUT2D eigenvalue weighted by Gasteiger charge is -2.04. The molecule has 11 heavy (non-hydrogen) atoms. The molecule has 0 aromatic carbocycles. The second kappa shape index (κ2) is 3.82. The molecule has 0 heterocycles. The lowest BCUT2D eigenvalue weighted by atomic mass is 10.3. The van der Waals surface area contributed by atoms with Crippen LogP contribution >= 0.6 is 0 Å². The fraction of sp³-hybridized carbons (Fsp3) is 0.500. The van der Waals surface area contributed by atoms with Crippen LogP contribution in [0.5, 0.6) is 0 Å². The first-order valence-electron chi connectivity index (χ1n) is 2.93. The highest BCUT2D eigenvalue weighted by molar-refractivity contribution is 6.62. The Bertz CT molecular complexity index is 197. The zero-order valence-corrected chi connectivity index (χ0v) is 6.25. The molecule has 0 radical (unpaired) electrons. The molecule has 0 spiro atoms.